The van der Waals surface area contributed by atoms with Crippen LogP contribution in [0.15, 0.2) is 54.6 Å². The van der Waals surface area contributed by atoms with Crippen LogP contribution in [0.3, 0.4) is 0 Å². The number of hydrogen-bond donors (Lipinski definition) is 1. The molecular weight excluding hydrogens is 329 g/mol. The van der Waals surface area contributed by atoms with Crippen molar-refractivity contribution in [3.63, 3.8) is 0 Å². The van der Waals surface area contributed by atoms with E-state index in [0.717, 1.165) is 16.9 Å². The van der Waals surface area contributed by atoms with E-state index in [-0.39, 0.29) is 17.5 Å². The van der Waals surface area contributed by atoms with Crippen molar-refractivity contribution in [2.45, 2.75) is 25.7 Å². The Hall–Kier alpha value is -3.08. The van der Waals surface area contributed by atoms with E-state index >= 15 is 0 Å². The van der Waals surface area contributed by atoms with Gasteiger partial charge in [-0.1, -0.05) is 30.3 Å². The smallest absolute Gasteiger partial charge is 0.227 e. The van der Waals surface area contributed by atoms with E-state index in [9.17, 15) is 9.18 Å². The van der Waals surface area contributed by atoms with Gasteiger partial charge in [0.2, 0.25) is 5.95 Å². The lowest BCUT2D eigenvalue weighted by atomic mass is 9.81. The van der Waals surface area contributed by atoms with Crippen LogP contribution in [0.4, 0.5) is 16.0 Å². The number of ketones is 1. The second-order valence-corrected chi connectivity index (χ2v) is 6.53. The summed E-state index contributed by atoms with van der Waals surface area (Å²) >= 11 is 0. The first-order valence-electron chi connectivity index (χ1n) is 8.58. The van der Waals surface area contributed by atoms with E-state index in [0.29, 0.717) is 30.0 Å². The number of aryl methyl sites for hydroxylation is 1. The SMILES string of the molecule is Cc1nc(Nc2ccccc2)nc2c1C(=O)CC(c1ccc(F)cc1)C2. The zero-order valence-electron chi connectivity index (χ0n) is 14.4. The number of anilines is 2. The third-order valence-corrected chi connectivity index (χ3v) is 4.69. The fourth-order valence-electron chi connectivity index (χ4n) is 3.45. The van der Waals surface area contributed by atoms with Crippen molar-refractivity contribution < 1.29 is 9.18 Å². The highest BCUT2D eigenvalue weighted by atomic mass is 19.1. The Morgan fingerprint density at radius 2 is 1.73 bits per heavy atom. The van der Waals surface area contributed by atoms with Gasteiger partial charge in [0.1, 0.15) is 5.82 Å². The van der Waals surface area contributed by atoms with Crippen LogP contribution in [0.25, 0.3) is 0 Å². The number of aromatic nitrogens is 2. The Bertz CT molecular complexity index is 955. The average Bonchev–Trinajstić information content (AvgIpc) is 2.62. The summed E-state index contributed by atoms with van der Waals surface area (Å²) in [7, 11) is 0. The molecule has 0 radical (unpaired) electrons. The highest BCUT2D eigenvalue weighted by Crippen LogP contribution is 2.33. The lowest BCUT2D eigenvalue weighted by Crippen LogP contribution is -2.22. The number of fused-ring (bicyclic) bond motifs is 1. The number of carbonyl (C=O) groups excluding carboxylic acids is 1. The van der Waals surface area contributed by atoms with Crippen LogP contribution < -0.4 is 5.32 Å². The number of Topliss-reactive ketones (excluding diaryl/α,β-unsaturated/α-hetero) is 1. The fraction of sp³-hybridized carbons (Fsp3) is 0.190. The molecule has 1 aliphatic carbocycles. The van der Waals surface area contributed by atoms with Gasteiger partial charge in [0.05, 0.1) is 17.0 Å². The van der Waals surface area contributed by atoms with Crippen molar-refractivity contribution in [1.29, 1.82) is 0 Å². The lowest BCUT2D eigenvalue weighted by molar-refractivity contribution is 0.0962. The first kappa shape index (κ1) is 16.4. The summed E-state index contributed by atoms with van der Waals surface area (Å²) in [6.07, 6.45) is 1.04. The molecule has 1 atom stereocenters. The Labute approximate surface area is 151 Å². The highest BCUT2D eigenvalue weighted by molar-refractivity contribution is 5.99. The maximum absolute atomic E-state index is 13.2. The molecule has 0 bridgehead atoms. The highest BCUT2D eigenvalue weighted by Gasteiger charge is 2.29. The van der Waals surface area contributed by atoms with Crippen molar-refractivity contribution in [2.75, 3.05) is 5.32 Å². The van der Waals surface area contributed by atoms with E-state index in [1.807, 2.05) is 37.3 Å². The second kappa shape index (κ2) is 6.67. The van der Waals surface area contributed by atoms with Crippen LogP contribution in [0.5, 0.6) is 0 Å². The molecule has 1 heterocycles. The minimum atomic E-state index is -0.274. The largest absolute Gasteiger partial charge is 0.324 e. The van der Waals surface area contributed by atoms with Gasteiger partial charge in [-0.15, -0.1) is 0 Å². The van der Waals surface area contributed by atoms with Crippen molar-refractivity contribution in [2.24, 2.45) is 0 Å². The standard InChI is InChI=1S/C21H18FN3O/c1-13-20-18(25-21(23-13)24-17-5-3-2-4-6-17)11-15(12-19(20)26)14-7-9-16(22)10-8-14/h2-10,15H,11-12H2,1H3,(H,23,24,25). The monoisotopic (exact) mass is 347 g/mol. The number of halogens is 1. The summed E-state index contributed by atoms with van der Waals surface area (Å²) in [5, 5.41) is 3.19. The molecule has 0 saturated carbocycles. The molecule has 0 fully saturated rings. The van der Waals surface area contributed by atoms with Gasteiger partial charge in [0.25, 0.3) is 0 Å². The van der Waals surface area contributed by atoms with Crippen molar-refractivity contribution in [1.82, 2.24) is 9.97 Å². The predicted octanol–water partition coefficient (Wildman–Crippen LogP) is 4.58. The molecule has 130 valence electrons. The molecule has 1 aromatic heterocycles. The molecule has 1 unspecified atom stereocenters. The predicted molar refractivity (Wildman–Crippen MR) is 98.3 cm³/mol. The molecule has 4 rings (SSSR count). The number of hydrogen-bond acceptors (Lipinski definition) is 4. The molecule has 2 aromatic carbocycles. The summed E-state index contributed by atoms with van der Waals surface area (Å²) in [6.45, 7) is 1.84. The molecule has 3 aromatic rings. The molecule has 1 N–H and O–H groups in total. The van der Waals surface area contributed by atoms with Gasteiger partial charge < -0.3 is 5.32 Å². The molecule has 5 heteroatoms. The summed E-state index contributed by atoms with van der Waals surface area (Å²) in [5.74, 6) is 0.266. The van der Waals surface area contributed by atoms with Gasteiger partial charge >= 0.3 is 0 Å². The number of benzene rings is 2. The second-order valence-electron chi connectivity index (χ2n) is 6.53. The number of rotatable bonds is 3. The maximum Gasteiger partial charge on any atom is 0.227 e. The zero-order valence-corrected chi connectivity index (χ0v) is 14.4. The van der Waals surface area contributed by atoms with Crippen LogP contribution in [-0.4, -0.2) is 15.8 Å². The Morgan fingerprint density at radius 1 is 1.00 bits per heavy atom. The van der Waals surface area contributed by atoms with E-state index < -0.39 is 0 Å². The molecule has 4 nitrogen and oxygen atoms in total. The van der Waals surface area contributed by atoms with Crippen LogP contribution >= 0.6 is 0 Å². The first-order valence-corrected chi connectivity index (χ1v) is 8.58. The Morgan fingerprint density at radius 3 is 2.46 bits per heavy atom. The van der Waals surface area contributed by atoms with Gasteiger partial charge in [-0.25, -0.2) is 14.4 Å². The molecule has 0 saturated heterocycles. The number of nitrogens with one attached hydrogen (secondary N) is 1. The van der Waals surface area contributed by atoms with Crippen molar-refractivity contribution >= 4 is 17.4 Å². The maximum atomic E-state index is 13.2. The number of para-hydroxylation sites is 1. The minimum Gasteiger partial charge on any atom is -0.324 e. The van der Waals surface area contributed by atoms with E-state index in [4.69, 9.17) is 0 Å². The molecule has 0 amide bonds. The molecule has 0 aliphatic heterocycles. The van der Waals surface area contributed by atoms with E-state index in [1.165, 1.54) is 12.1 Å². The summed E-state index contributed by atoms with van der Waals surface area (Å²) < 4.78 is 13.2. The Balaban J connectivity index is 1.67. The van der Waals surface area contributed by atoms with Gasteiger partial charge in [0.15, 0.2) is 5.78 Å². The molecule has 0 spiro atoms. The third kappa shape index (κ3) is 3.20. The quantitative estimate of drug-likeness (QED) is 0.753. The molecule has 1 aliphatic rings. The van der Waals surface area contributed by atoms with Gasteiger partial charge in [-0.05, 0) is 49.1 Å². The number of carbonyl (C=O) groups is 1. The van der Waals surface area contributed by atoms with Gasteiger partial charge in [-0.2, -0.15) is 0 Å². The first-order chi connectivity index (χ1) is 12.6. The van der Waals surface area contributed by atoms with E-state index in [1.54, 1.807) is 12.1 Å². The van der Waals surface area contributed by atoms with E-state index in [2.05, 4.69) is 15.3 Å². The number of nitrogens with zero attached hydrogens (tertiary/aromatic N) is 2. The van der Waals surface area contributed by atoms with Crippen molar-refractivity contribution in [3.8, 4) is 0 Å². The Kier molecular flexibility index (Phi) is 4.21. The summed E-state index contributed by atoms with van der Waals surface area (Å²) in [4.78, 5) is 21.7. The summed E-state index contributed by atoms with van der Waals surface area (Å²) in [6, 6.07) is 16.0. The topological polar surface area (TPSA) is 54.9 Å². The van der Waals surface area contributed by atoms with Crippen molar-refractivity contribution in [3.05, 3.63) is 82.9 Å². The normalized spacial score (nSPS) is 16.2. The van der Waals surface area contributed by atoms with Crippen LogP contribution in [-0.2, 0) is 6.42 Å². The van der Waals surface area contributed by atoms with Crippen LogP contribution in [0.1, 0.15) is 39.6 Å². The molecular formula is C21H18FN3O. The summed E-state index contributed by atoms with van der Waals surface area (Å²) in [5.41, 5.74) is 3.92. The zero-order chi connectivity index (χ0) is 18.1. The van der Waals surface area contributed by atoms with Gasteiger partial charge in [0, 0.05) is 12.1 Å². The third-order valence-electron chi connectivity index (χ3n) is 4.69. The minimum absolute atomic E-state index is 0.00877. The average molecular weight is 347 g/mol. The molecule has 26 heavy (non-hydrogen) atoms. The van der Waals surface area contributed by atoms with Crippen LogP contribution in [0, 0.1) is 12.7 Å². The lowest BCUT2D eigenvalue weighted by Gasteiger charge is -2.24. The van der Waals surface area contributed by atoms with Crippen LogP contribution in [0.2, 0.25) is 0 Å². The fourth-order valence-corrected chi connectivity index (χ4v) is 3.45. The van der Waals surface area contributed by atoms with Gasteiger partial charge in [-0.3, -0.25) is 4.79 Å².